The van der Waals surface area contributed by atoms with E-state index in [1.54, 1.807) is 23.5 Å². The van der Waals surface area contributed by atoms with Gasteiger partial charge in [-0.2, -0.15) is 0 Å². The smallest absolute Gasteiger partial charge is 0.128 e. The summed E-state index contributed by atoms with van der Waals surface area (Å²) in [5.41, 5.74) is 1.78. The molecule has 2 aromatic rings. The van der Waals surface area contributed by atoms with Crippen LogP contribution >= 0.6 is 11.3 Å². The molecule has 0 spiro atoms. The summed E-state index contributed by atoms with van der Waals surface area (Å²) in [6.45, 7) is 2.91. The molecular formula is C18H19FO3S. The highest BCUT2D eigenvalue weighted by Crippen LogP contribution is 2.45. The summed E-state index contributed by atoms with van der Waals surface area (Å²) in [5, 5.41) is 2.08. The third-order valence-electron chi connectivity index (χ3n) is 4.57. The zero-order valence-electron chi connectivity index (χ0n) is 12.9. The van der Waals surface area contributed by atoms with Gasteiger partial charge in [-0.3, -0.25) is 0 Å². The second-order valence-electron chi connectivity index (χ2n) is 5.96. The molecule has 23 heavy (non-hydrogen) atoms. The first kappa shape index (κ1) is 15.3. The molecule has 4 rings (SSSR count). The predicted molar refractivity (Wildman–Crippen MR) is 85.8 cm³/mol. The summed E-state index contributed by atoms with van der Waals surface area (Å²) in [7, 11) is 0. The third kappa shape index (κ3) is 2.72. The fraction of sp³-hybridized carbons (Fsp3) is 0.444. The number of halogens is 1. The van der Waals surface area contributed by atoms with E-state index in [9.17, 15) is 4.39 Å². The minimum absolute atomic E-state index is 0.0233. The van der Waals surface area contributed by atoms with Crippen LogP contribution in [-0.4, -0.2) is 18.3 Å². The highest BCUT2D eigenvalue weighted by molar-refractivity contribution is 7.10. The van der Waals surface area contributed by atoms with Crippen LogP contribution in [0.25, 0.3) is 0 Å². The lowest BCUT2D eigenvalue weighted by Gasteiger charge is -2.28. The Hall–Kier alpha value is -1.27. The van der Waals surface area contributed by atoms with E-state index in [0.29, 0.717) is 12.2 Å². The number of ether oxygens (including phenoxy) is 3. The first-order valence-electron chi connectivity index (χ1n) is 7.96. The van der Waals surface area contributed by atoms with Crippen LogP contribution in [0.4, 0.5) is 4.39 Å². The van der Waals surface area contributed by atoms with Crippen LogP contribution in [0.5, 0.6) is 0 Å². The summed E-state index contributed by atoms with van der Waals surface area (Å²) >= 11 is 1.71. The quantitative estimate of drug-likeness (QED) is 0.838. The minimum atomic E-state index is -0.235. The molecule has 0 radical (unpaired) electrons. The second-order valence-corrected chi connectivity index (χ2v) is 6.90. The number of hydrogen-bond acceptors (Lipinski definition) is 4. The maximum absolute atomic E-state index is 13.8. The van der Waals surface area contributed by atoms with Crippen molar-refractivity contribution in [1.82, 2.24) is 0 Å². The Morgan fingerprint density at radius 2 is 2.17 bits per heavy atom. The lowest BCUT2D eigenvalue weighted by molar-refractivity contribution is -0.0856. The summed E-state index contributed by atoms with van der Waals surface area (Å²) in [6, 6.07) is 8.81. The van der Waals surface area contributed by atoms with Crippen molar-refractivity contribution in [2.75, 3.05) is 0 Å². The van der Waals surface area contributed by atoms with E-state index in [1.165, 1.54) is 16.5 Å². The molecule has 0 saturated carbocycles. The Labute approximate surface area is 139 Å². The Balaban J connectivity index is 1.53. The molecule has 2 aliphatic rings. The van der Waals surface area contributed by atoms with Crippen molar-refractivity contribution in [2.45, 2.75) is 51.0 Å². The van der Waals surface area contributed by atoms with E-state index in [0.717, 1.165) is 6.42 Å². The third-order valence-corrected chi connectivity index (χ3v) is 5.59. The number of fused-ring (bicyclic) bond motifs is 3. The molecule has 2 aliphatic heterocycles. The molecule has 0 bridgehead atoms. The van der Waals surface area contributed by atoms with Crippen molar-refractivity contribution in [3.8, 4) is 0 Å². The van der Waals surface area contributed by atoms with E-state index in [-0.39, 0.29) is 36.8 Å². The van der Waals surface area contributed by atoms with Crippen LogP contribution in [0.15, 0.2) is 35.7 Å². The van der Waals surface area contributed by atoms with E-state index in [4.69, 9.17) is 14.2 Å². The molecule has 0 aliphatic carbocycles. The van der Waals surface area contributed by atoms with Gasteiger partial charge in [-0.25, -0.2) is 4.39 Å². The number of hydrogen-bond donors (Lipinski definition) is 0. The van der Waals surface area contributed by atoms with Gasteiger partial charge < -0.3 is 14.2 Å². The topological polar surface area (TPSA) is 27.7 Å². The molecule has 0 unspecified atom stereocenters. The zero-order chi connectivity index (χ0) is 15.8. The molecule has 3 heterocycles. The van der Waals surface area contributed by atoms with Gasteiger partial charge >= 0.3 is 0 Å². The van der Waals surface area contributed by atoms with E-state index in [1.807, 2.05) is 6.07 Å². The lowest BCUT2D eigenvalue weighted by atomic mass is 10.0. The summed E-state index contributed by atoms with van der Waals surface area (Å²) in [6.07, 6.45) is 0.482. The van der Waals surface area contributed by atoms with Gasteiger partial charge in [0.2, 0.25) is 0 Å². The summed E-state index contributed by atoms with van der Waals surface area (Å²) in [4.78, 5) is 1.25. The molecule has 0 amide bonds. The molecular weight excluding hydrogens is 315 g/mol. The average molecular weight is 334 g/mol. The second kappa shape index (κ2) is 6.32. The Kier molecular flexibility index (Phi) is 4.20. The van der Waals surface area contributed by atoms with Crippen LogP contribution < -0.4 is 0 Å². The first-order chi connectivity index (χ1) is 11.3. The fourth-order valence-corrected chi connectivity index (χ4v) is 4.34. The molecule has 1 aromatic heterocycles. The minimum Gasteiger partial charge on any atom is -0.368 e. The average Bonchev–Trinajstić information content (AvgIpc) is 3.17. The van der Waals surface area contributed by atoms with Crippen molar-refractivity contribution in [3.05, 3.63) is 57.5 Å². The molecule has 3 nitrogen and oxygen atoms in total. The fourth-order valence-electron chi connectivity index (χ4n) is 3.35. The van der Waals surface area contributed by atoms with Crippen LogP contribution in [0.2, 0.25) is 0 Å². The maximum Gasteiger partial charge on any atom is 0.128 e. The van der Waals surface area contributed by atoms with Crippen LogP contribution in [0, 0.1) is 5.82 Å². The first-order valence-corrected chi connectivity index (χ1v) is 8.84. The molecule has 4 atom stereocenters. The van der Waals surface area contributed by atoms with E-state index < -0.39 is 0 Å². The predicted octanol–water partition coefficient (Wildman–Crippen LogP) is 4.22. The van der Waals surface area contributed by atoms with Crippen LogP contribution in [-0.2, 0) is 27.4 Å². The van der Waals surface area contributed by atoms with Crippen molar-refractivity contribution < 1.29 is 18.6 Å². The van der Waals surface area contributed by atoms with Gasteiger partial charge in [0.1, 0.15) is 24.1 Å². The van der Waals surface area contributed by atoms with Gasteiger partial charge in [0.25, 0.3) is 0 Å². The zero-order valence-corrected chi connectivity index (χ0v) is 13.7. The lowest BCUT2D eigenvalue weighted by Crippen LogP contribution is -2.36. The normalized spacial score (nSPS) is 29.3. The van der Waals surface area contributed by atoms with Crippen LogP contribution in [0.3, 0.4) is 0 Å². The maximum atomic E-state index is 13.8. The number of rotatable bonds is 4. The Morgan fingerprint density at radius 1 is 1.30 bits per heavy atom. The van der Waals surface area contributed by atoms with Gasteiger partial charge in [0.15, 0.2) is 0 Å². The van der Waals surface area contributed by atoms with Gasteiger partial charge in [-0.15, -0.1) is 11.3 Å². The van der Waals surface area contributed by atoms with Gasteiger partial charge in [-0.05, 0) is 29.5 Å². The van der Waals surface area contributed by atoms with Crippen molar-refractivity contribution in [1.29, 1.82) is 0 Å². The molecule has 1 fully saturated rings. The number of benzene rings is 1. The molecule has 1 aromatic carbocycles. The van der Waals surface area contributed by atoms with Crippen molar-refractivity contribution >= 4 is 11.3 Å². The summed E-state index contributed by atoms with van der Waals surface area (Å²) < 4.78 is 32.0. The highest BCUT2D eigenvalue weighted by Gasteiger charge is 2.49. The monoisotopic (exact) mass is 334 g/mol. The van der Waals surface area contributed by atoms with Gasteiger partial charge in [0.05, 0.1) is 19.3 Å². The highest BCUT2D eigenvalue weighted by atomic mass is 32.1. The van der Waals surface area contributed by atoms with Gasteiger partial charge in [-0.1, -0.05) is 25.1 Å². The Bertz CT molecular complexity index is 686. The van der Waals surface area contributed by atoms with Crippen molar-refractivity contribution in [3.63, 3.8) is 0 Å². The molecule has 5 heteroatoms. The molecule has 1 saturated heterocycles. The van der Waals surface area contributed by atoms with Gasteiger partial charge in [0, 0.05) is 10.4 Å². The Morgan fingerprint density at radius 3 is 3.00 bits per heavy atom. The SMILES string of the molecule is CC[C@H]1O[C@@H]2c3sccc3CO[C@@H]2[C@H]1OCc1ccccc1F. The standard InChI is InChI=1S/C18H19FO3S/c1-2-14-15(20-9-11-5-3-4-6-13(11)19)16-17(22-14)18-12(10-21-16)7-8-23-18/h3-8,14-17H,2,9-10H2,1H3/t14-,15+,16-,17+/m1/s1. The molecule has 0 N–H and O–H groups in total. The van der Waals surface area contributed by atoms with E-state index >= 15 is 0 Å². The number of thiophene rings is 1. The largest absolute Gasteiger partial charge is 0.368 e. The van der Waals surface area contributed by atoms with E-state index in [2.05, 4.69) is 18.4 Å². The van der Waals surface area contributed by atoms with Crippen LogP contribution in [0.1, 0.15) is 35.5 Å². The summed E-state index contributed by atoms with van der Waals surface area (Å²) in [5.74, 6) is -0.235. The van der Waals surface area contributed by atoms with Crippen molar-refractivity contribution in [2.24, 2.45) is 0 Å². The molecule has 122 valence electrons.